The highest BCUT2D eigenvalue weighted by Crippen LogP contribution is 2.31. The van der Waals surface area contributed by atoms with Crippen LogP contribution in [0.5, 0.6) is 17.2 Å². The van der Waals surface area contributed by atoms with Crippen molar-refractivity contribution in [1.29, 1.82) is 0 Å². The van der Waals surface area contributed by atoms with E-state index in [2.05, 4.69) is 4.72 Å². The molecule has 7 heteroatoms. The molecule has 0 saturated carbocycles. The molecule has 2 aromatic carbocycles. The normalized spacial score (nSPS) is 11.0. The second kappa shape index (κ2) is 5.92. The van der Waals surface area contributed by atoms with E-state index in [0.29, 0.717) is 17.2 Å². The Kier molecular flexibility index (Phi) is 4.23. The van der Waals surface area contributed by atoms with Crippen LogP contribution in [0.25, 0.3) is 0 Å². The van der Waals surface area contributed by atoms with Crippen LogP contribution in [0.3, 0.4) is 0 Å². The zero-order chi connectivity index (χ0) is 15.5. The van der Waals surface area contributed by atoms with E-state index in [1.54, 1.807) is 18.2 Å². The summed E-state index contributed by atoms with van der Waals surface area (Å²) < 4.78 is 37.1. The smallest absolute Gasteiger partial charge is 0.262 e. The summed E-state index contributed by atoms with van der Waals surface area (Å²) >= 11 is 0. The Hall–Kier alpha value is -2.41. The zero-order valence-corrected chi connectivity index (χ0v) is 12.3. The largest absolute Gasteiger partial charge is 0.508 e. The van der Waals surface area contributed by atoms with Gasteiger partial charge in [0.05, 0.1) is 24.8 Å². The number of ether oxygens (including phenoxy) is 2. The number of anilines is 1. The molecule has 112 valence electrons. The molecule has 0 unspecified atom stereocenters. The van der Waals surface area contributed by atoms with Crippen LogP contribution in [-0.2, 0) is 10.0 Å². The van der Waals surface area contributed by atoms with Crippen molar-refractivity contribution < 1.29 is 23.0 Å². The van der Waals surface area contributed by atoms with Gasteiger partial charge < -0.3 is 14.6 Å². The van der Waals surface area contributed by atoms with Crippen LogP contribution in [0, 0.1) is 0 Å². The van der Waals surface area contributed by atoms with Crippen LogP contribution in [0.4, 0.5) is 5.69 Å². The Morgan fingerprint density at radius 3 is 2.24 bits per heavy atom. The fraction of sp³-hybridized carbons (Fsp3) is 0.143. The van der Waals surface area contributed by atoms with E-state index in [1.165, 1.54) is 38.5 Å². The molecule has 0 radical (unpaired) electrons. The number of phenolic OH excluding ortho intramolecular Hbond substituents is 1. The van der Waals surface area contributed by atoms with Gasteiger partial charge >= 0.3 is 0 Å². The van der Waals surface area contributed by atoms with Crippen LogP contribution in [0.2, 0.25) is 0 Å². The molecule has 0 aliphatic carbocycles. The maximum Gasteiger partial charge on any atom is 0.262 e. The molecule has 2 rings (SSSR count). The third-order valence-electron chi connectivity index (χ3n) is 2.80. The first kappa shape index (κ1) is 15.0. The van der Waals surface area contributed by atoms with Gasteiger partial charge in [-0.3, -0.25) is 4.72 Å². The van der Waals surface area contributed by atoms with Crippen molar-refractivity contribution in [1.82, 2.24) is 0 Å². The van der Waals surface area contributed by atoms with Gasteiger partial charge in [0.25, 0.3) is 10.0 Å². The molecule has 0 amide bonds. The molecule has 21 heavy (non-hydrogen) atoms. The van der Waals surface area contributed by atoms with Crippen molar-refractivity contribution in [3.63, 3.8) is 0 Å². The van der Waals surface area contributed by atoms with E-state index in [9.17, 15) is 13.5 Å². The van der Waals surface area contributed by atoms with Crippen LogP contribution in [-0.4, -0.2) is 27.7 Å². The summed E-state index contributed by atoms with van der Waals surface area (Å²) in [5.41, 5.74) is 0.298. The van der Waals surface area contributed by atoms with Crippen LogP contribution >= 0.6 is 0 Å². The Balaban J connectivity index is 2.34. The molecule has 0 aliphatic heterocycles. The summed E-state index contributed by atoms with van der Waals surface area (Å²) in [6, 6.07) is 9.99. The molecular weight excluding hydrogens is 294 g/mol. The third kappa shape index (κ3) is 3.38. The number of phenols is 1. The number of rotatable bonds is 5. The average molecular weight is 309 g/mol. The number of methoxy groups -OCH3 is 2. The molecule has 0 aliphatic rings. The molecule has 0 fully saturated rings. The Labute approximate surface area is 123 Å². The topological polar surface area (TPSA) is 84.9 Å². The lowest BCUT2D eigenvalue weighted by Gasteiger charge is -2.13. The second-order valence-corrected chi connectivity index (χ2v) is 5.85. The number of nitrogens with one attached hydrogen (secondary N) is 1. The SMILES string of the molecule is COc1ccc(NS(=O)(=O)c2ccc(O)cc2)c(OC)c1. The van der Waals surface area contributed by atoms with Gasteiger partial charge in [0.1, 0.15) is 17.2 Å². The van der Waals surface area contributed by atoms with Crippen molar-refractivity contribution in [3.8, 4) is 17.2 Å². The Bertz CT molecular complexity index is 726. The van der Waals surface area contributed by atoms with Gasteiger partial charge in [0, 0.05) is 6.07 Å². The lowest BCUT2D eigenvalue weighted by molar-refractivity contribution is 0.395. The molecule has 0 aromatic heterocycles. The van der Waals surface area contributed by atoms with E-state index in [4.69, 9.17) is 9.47 Å². The van der Waals surface area contributed by atoms with Crippen molar-refractivity contribution in [2.24, 2.45) is 0 Å². The number of benzene rings is 2. The van der Waals surface area contributed by atoms with E-state index >= 15 is 0 Å². The molecule has 0 saturated heterocycles. The molecule has 2 N–H and O–H groups in total. The molecule has 0 bridgehead atoms. The third-order valence-corrected chi connectivity index (χ3v) is 4.18. The summed E-state index contributed by atoms with van der Waals surface area (Å²) in [6.07, 6.45) is 0. The number of aromatic hydroxyl groups is 1. The predicted octanol–water partition coefficient (Wildman–Crippen LogP) is 2.21. The summed E-state index contributed by atoms with van der Waals surface area (Å²) in [6.45, 7) is 0. The molecule has 0 atom stereocenters. The number of hydrogen-bond donors (Lipinski definition) is 2. The average Bonchev–Trinajstić information content (AvgIpc) is 2.47. The lowest BCUT2D eigenvalue weighted by atomic mass is 10.3. The standard InChI is InChI=1S/C14H15NO5S/c1-19-11-5-8-13(14(9-11)20-2)15-21(17,18)12-6-3-10(16)4-7-12/h3-9,15-16H,1-2H3. The van der Waals surface area contributed by atoms with Gasteiger partial charge in [-0.05, 0) is 36.4 Å². The number of hydrogen-bond acceptors (Lipinski definition) is 5. The van der Waals surface area contributed by atoms with Crippen molar-refractivity contribution >= 4 is 15.7 Å². The first-order chi connectivity index (χ1) is 9.96. The minimum atomic E-state index is -3.76. The fourth-order valence-electron chi connectivity index (χ4n) is 1.71. The van der Waals surface area contributed by atoms with Gasteiger partial charge in [-0.25, -0.2) is 8.42 Å². The van der Waals surface area contributed by atoms with Gasteiger partial charge in [-0.1, -0.05) is 0 Å². The van der Waals surface area contributed by atoms with Crippen LogP contribution in [0.1, 0.15) is 0 Å². The first-order valence-corrected chi connectivity index (χ1v) is 7.48. The van der Waals surface area contributed by atoms with Crippen LogP contribution in [0.15, 0.2) is 47.4 Å². The van der Waals surface area contributed by atoms with E-state index in [1.807, 2.05) is 0 Å². The molecular formula is C14H15NO5S. The minimum Gasteiger partial charge on any atom is -0.508 e. The van der Waals surface area contributed by atoms with E-state index in [0.717, 1.165) is 0 Å². The Morgan fingerprint density at radius 1 is 1.00 bits per heavy atom. The van der Waals surface area contributed by atoms with Crippen LogP contribution < -0.4 is 14.2 Å². The van der Waals surface area contributed by atoms with Gasteiger partial charge in [-0.15, -0.1) is 0 Å². The highest BCUT2D eigenvalue weighted by molar-refractivity contribution is 7.92. The van der Waals surface area contributed by atoms with Crippen molar-refractivity contribution in [3.05, 3.63) is 42.5 Å². The van der Waals surface area contributed by atoms with E-state index in [-0.39, 0.29) is 10.6 Å². The van der Waals surface area contributed by atoms with Gasteiger partial charge in [0.2, 0.25) is 0 Å². The maximum atomic E-state index is 12.3. The monoisotopic (exact) mass is 309 g/mol. The summed E-state index contributed by atoms with van der Waals surface area (Å²) in [5, 5.41) is 9.20. The first-order valence-electron chi connectivity index (χ1n) is 6.00. The second-order valence-electron chi connectivity index (χ2n) is 4.17. The minimum absolute atomic E-state index is 0.00372. The highest BCUT2D eigenvalue weighted by atomic mass is 32.2. The molecule has 0 heterocycles. The maximum absolute atomic E-state index is 12.3. The summed E-state index contributed by atoms with van der Waals surface area (Å²) in [5.74, 6) is 0.895. The summed E-state index contributed by atoms with van der Waals surface area (Å²) in [7, 11) is -0.818. The highest BCUT2D eigenvalue weighted by Gasteiger charge is 2.16. The fourth-order valence-corrected chi connectivity index (χ4v) is 2.78. The molecule has 2 aromatic rings. The van der Waals surface area contributed by atoms with Gasteiger partial charge in [-0.2, -0.15) is 0 Å². The van der Waals surface area contributed by atoms with Gasteiger partial charge in [0.15, 0.2) is 0 Å². The van der Waals surface area contributed by atoms with E-state index < -0.39 is 10.0 Å². The number of sulfonamides is 1. The predicted molar refractivity (Wildman–Crippen MR) is 78.5 cm³/mol. The summed E-state index contributed by atoms with van der Waals surface area (Å²) in [4.78, 5) is 0.0400. The van der Waals surface area contributed by atoms with Crippen molar-refractivity contribution in [2.75, 3.05) is 18.9 Å². The lowest BCUT2D eigenvalue weighted by Crippen LogP contribution is -2.13. The Morgan fingerprint density at radius 2 is 1.67 bits per heavy atom. The zero-order valence-electron chi connectivity index (χ0n) is 11.5. The molecule has 0 spiro atoms. The molecule has 6 nitrogen and oxygen atoms in total. The van der Waals surface area contributed by atoms with Crippen molar-refractivity contribution in [2.45, 2.75) is 4.90 Å². The quantitative estimate of drug-likeness (QED) is 0.884.